The number of thiazole rings is 1. The smallest absolute Gasteiger partial charge is 0.260 e. The zero-order valence-corrected chi connectivity index (χ0v) is 22.1. The fourth-order valence-corrected chi connectivity index (χ4v) is 4.05. The lowest BCUT2D eigenvalue weighted by Crippen LogP contribution is -2.39. The van der Waals surface area contributed by atoms with Gasteiger partial charge in [-0.3, -0.25) is 14.9 Å². The van der Waals surface area contributed by atoms with Gasteiger partial charge in [-0.1, -0.05) is 0 Å². The summed E-state index contributed by atoms with van der Waals surface area (Å²) >= 11 is 1.34. The van der Waals surface area contributed by atoms with Gasteiger partial charge in [0.25, 0.3) is 11.8 Å². The van der Waals surface area contributed by atoms with Gasteiger partial charge in [-0.15, -0.1) is 11.3 Å². The van der Waals surface area contributed by atoms with E-state index in [0.717, 1.165) is 23.6 Å². The second-order valence-electron chi connectivity index (χ2n) is 8.15. The molecule has 0 spiro atoms. The summed E-state index contributed by atoms with van der Waals surface area (Å²) in [5.41, 5.74) is 2.07. The molecule has 3 aromatic rings. The highest BCUT2D eigenvalue weighted by molar-refractivity contribution is 7.14. The first-order chi connectivity index (χ1) is 17.3. The van der Waals surface area contributed by atoms with Gasteiger partial charge in [-0.2, -0.15) is 0 Å². The van der Waals surface area contributed by atoms with Crippen molar-refractivity contribution in [3.8, 4) is 28.5 Å². The van der Waals surface area contributed by atoms with Crippen LogP contribution in [0.2, 0.25) is 0 Å². The molecule has 0 radical (unpaired) electrons. The van der Waals surface area contributed by atoms with Crippen molar-refractivity contribution in [2.24, 2.45) is 0 Å². The summed E-state index contributed by atoms with van der Waals surface area (Å²) in [6, 6.07) is 12.4. The average Bonchev–Trinajstić information content (AvgIpc) is 3.35. The Morgan fingerprint density at radius 1 is 1.00 bits per heavy atom. The van der Waals surface area contributed by atoms with Gasteiger partial charge >= 0.3 is 0 Å². The van der Waals surface area contributed by atoms with Gasteiger partial charge < -0.3 is 24.0 Å². The molecule has 2 amide bonds. The van der Waals surface area contributed by atoms with Crippen molar-refractivity contribution in [1.82, 2.24) is 14.8 Å². The summed E-state index contributed by atoms with van der Waals surface area (Å²) in [5, 5.41) is 5.18. The minimum Gasteiger partial charge on any atom is -0.497 e. The maximum absolute atomic E-state index is 12.8. The Morgan fingerprint density at radius 2 is 1.75 bits per heavy atom. The summed E-state index contributed by atoms with van der Waals surface area (Å²) in [7, 11) is 7.03. The molecule has 0 unspecified atom stereocenters. The van der Waals surface area contributed by atoms with E-state index in [2.05, 4.69) is 10.3 Å². The molecule has 0 saturated heterocycles. The van der Waals surface area contributed by atoms with Gasteiger partial charge in [0, 0.05) is 36.1 Å². The molecule has 1 heterocycles. The standard InChI is InChI=1S/C26H32N4O5S/c1-6-30(14-13-29(2)3)24(31)16-35-22-12-9-19(15-23(22)34-5)25(32)28-26-27-21(17-36-26)18-7-10-20(33-4)11-8-18/h7-12,15,17H,6,13-14,16H2,1-5H3,(H,27,28,32). The second-order valence-corrected chi connectivity index (χ2v) is 9.01. The van der Waals surface area contributed by atoms with Crippen molar-refractivity contribution < 1.29 is 23.8 Å². The molecule has 0 bridgehead atoms. The van der Waals surface area contributed by atoms with Crippen molar-refractivity contribution in [2.45, 2.75) is 6.92 Å². The van der Waals surface area contributed by atoms with Crippen LogP contribution in [0.4, 0.5) is 5.13 Å². The third kappa shape index (κ3) is 7.19. The number of benzene rings is 2. The molecule has 0 aliphatic carbocycles. The Kier molecular flexibility index (Phi) is 9.66. The number of likely N-dealkylation sites (N-methyl/N-ethyl adjacent to an activating group) is 2. The summed E-state index contributed by atoms with van der Waals surface area (Å²) in [6.07, 6.45) is 0. The SMILES string of the molecule is CCN(CCN(C)C)C(=O)COc1ccc(C(=O)Nc2nc(-c3ccc(OC)cc3)cs2)cc1OC. The van der Waals surface area contributed by atoms with Crippen LogP contribution in [0.3, 0.4) is 0 Å². The van der Waals surface area contributed by atoms with Crippen LogP contribution in [0.1, 0.15) is 17.3 Å². The largest absolute Gasteiger partial charge is 0.497 e. The highest BCUT2D eigenvalue weighted by Gasteiger charge is 2.17. The molecule has 36 heavy (non-hydrogen) atoms. The first-order valence-corrected chi connectivity index (χ1v) is 12.4. The number of anilines is 1. The number of rotatable bonds is 12. The van der Waals surface area contributed by atoms with Crippen molar-refractivity contribution in [3.63, 3.8) is 0 Å². The van der Waals surface area contributed by atoms with Crippen LogP contribution in [-0.2, 0) is 4.79 Å². The number of aromatic nitrogens is 1. The first kappa shape index (κ1) is 27.0. The van der Waals surface area contributed by atoms with E-state index in [9.17, 15) is 9.59 Å². The number of methoxy groups -OCH3 is 2. The van der Waals surface area contributed by atoms with Gasteiger partial charge in [-0.05, 0) is 63.5 Å². The molecule has 0 saturated carbocycles. The number of hydrogen-bond donors (Lipinski definition) is 1. The summed E-state index contributed by atoms with van der Waals surface area (Å²) < 4.78 is 16.3. The number of nitrogens with one attached hydrogen (secondary N) is 1. The quantitative estimate of drug-likeness (QED) is 0.394. The van der Waals surface area contributed by atoms with Gasteiger partial charge in [0.1, 0.15) is 5.75 Å². The molecule has 2 aromatic carbocycles. The van der Waals surface area contributed by atoms with Gasteiger partial charge in [-0.25, -0.2) is 4.98 Å². The Balaban J connectivity index is 1.62. The minimum absolute atomic E-state index is 0.111. The molecule has 1 N–H and O–H groups in total. The number of amides is 2. The molecule has 10 heteroatoms. The van der Waals surface area contributed by atoms with E-state index in [4.69, 9.17) is 14.2 Å². The molecule has 1 aromatic heterocycles. The monoisotopic (exact) mass is 512 g/mol. The lowest BCUT2D eigenvalue weighted by atomic mass is 10.2. The molecule has 0 atom stereocenters. The molecule has 192 valence electrons. The topological polar surface area (TPSA) is 93.2 Å². The van der Waals surface area contributed by atoms with Crippen LogP contribution in [0.5, 0.6) is 17.2 Å². The third-order valence-electron chi connectivity index (χ3n) is 5.44. The number of carbonyl (C=O) groups is 2. The molecule has 9 nitrogen and oxygen atoms in total. The van der Waals surface area contributed by atoms with E-state index in [-0.39, 0.29) is 18.4 Å². The van der Waals surface area contributed by atoms with E-state index in [1.54, 1.807) is 30.2 Å². The van der Waals surface area contributed by atoms with Gasteiger partial charge in [0.2, 0.25) is 0 Å². The number of carbonyl (C=O) groups excluding carboxylic acids is 2. The maximum atomic E-state index is 12.8. The fourth-order valence-electron chi connectivity index (χ4n) is 3.33. The van der Waals surface area contributed by atoms with Crippen LogP contribution in [0, 0.1) is 0 Å². The average molecular weight is 513 g/mol. The van der Waals surface area contributed by atoms with Gasteiger partial charge in [0.15, 0.2) is 23.2 Å². The summed E-state index contributed by atoms with van der Waals surface area (Å²) in [5.74, 6) is 1.08. The van der Waals surface area contributed by atoms with Crippen molar-refractivity contribution in [2.75, 3.05) is 59.9 Å². The van der Waals surface area contributed by atoms with Crippen LogP contribution in [0.15, 0.2) is 47.8 Å². The van der Waals surface area contributed by atoms with Crippen LogP contribution in [0.25, 0.3) is 11.3 Å². The van der Waals surface area contributed by atoms with E-state index in [0.29, 0.717) is 35.3 Å². The zero-order valence-electron chi connectivity index (χ0n) is 21.2. The highest BCUT2D eigenvalue weighted by Crippen LogP contribution is 2.30. The van der Waals surface area contributed by atoms with Crippen LogP contribution in [-0.4, -0.2) is 81.2 Å². The maximum Gasteiger partial charge on any atom is 0.260 e. The predicted octanol–water partition coefficient (Wildman–Crippen LogP) is 3.87. The lowest BCUT2D eigenvalue weighted by Gasteiger charge is -2.23. The minimum atomic E-state index is -0.326. The van der Waals surface area contributed by atoms with E-state index in [1.807, 2.05) is 55.6 Å². The van der Waals surface area contributed by atoms with E-state index >= 15 is 0 Å². The summed E-state index contributed by atoms with van der Waals surface area (Å²) in [4.78, 5) is 33.6. The van der Waals surface area contributed by atoms with Crippen molar-refractivity contribution in [1.29, 1.82) is 0 Å². The van der Waals surface area contributed by atoms with Crippen LogP contribution >= 0.6 is 11.3 Å². The first-order valence-electron chi connectivity index (χ1n) is 11.5. The molecular formula is C26H32N4O5S. The highest BCUT2D eigenvalue weighted by atomic mass is 32.1. The van der Waals surface area contributed by atoms with Crippen LogP contribution < -0.4 is 19.5 Å². The number of nitrogens with zero attached hydrogens (tertiary/aromatic N) is 3. The summed E-state index contributed by atoms with van der Waals surface area (Å²) in [6.45, 7) is 3.82. The normalized spacial score (nSPS) is 10.7. The lowest BCUT2D eigenvalue weighted by molar-refractivity contribution is -0.133. The molecule has 0 aliphatic rings. The molecule has 0 fully saturated rings. The third-order valence-corrected chi connectivity index (χ3v) is 6.20. The Bertz CT molecular complexity index is 1160. The van der Waals surface area contributed by atoms with E-state index in [1.165, 1.54) is 18.4 Å². The van der Waals surface area contributed by atoms with Gasteiger partial charge in [0.05, 0.1) is 19.9 Å². The number of hydrogen-bond acceptors (Lipinski definition) is 8. The Labute approximate surface area is 215 Å². The fraction of sp³-hybridized carbons (Fsp3) is 0.346. The Morgan fingerprint density at radius 3 is 2.39 bits per heavy atom. The number of ether oxygens (including phenoxy) is 3. The molecular weight excluding hydrogens is 480 g/mol. The predicted molar refractivity (Wildman–Crippen MR) is 141 cm³/mol. The van der Waals surface area contributed by atoms with E-state index < -0.39 is 0 Å². The second kappa shape index (κ2) is 12.9. The molecule has 3 rings (SSSR count). The zero-order chi connectivity index (χ0) is 26.1. The Hall–Kier alpha value is -3.63. The van der Waals surface area contributed by atoms with Crippen molar-refractivity contribution >= 4 is 28.3 Å². The molecule has 0 aliphatic heterocycles. The van der Waals surface area contributed by atoms with Crippen molar-refractivity contribution in [3.05, 3.63) is 53.4 Å².